The fraction of sp³-hybridized carbons (Fsp3) is 0.538. The maximum Gasteiger partial charge on any atom is 0.362 e. The van der Waals surface area contributed by atoms with E-state index in [1.54, 1.807) is 30.3 Å². The van der Waals surface area contributed by atoms with Gasteiger partial charge in [-0.1, -0.05) is 30.3 Å². The van der Waals surface area contributed by atoms with E-state index in [0.29, 0.717) is 5.56 Å². The van der Waals surface area contributed by atoms with E-state index in [-0.39, 0.29) is 6.61 Å². The third-order valence-corrected chi connectivity index (χ3v) is 3.21. The minimum absolute atomic E-state index is 0.354. The fourth-order valence-electron chi connectivity index (χ4n) is 2.02. The second-order valence-corrected chi connectivity index (χ2v) is 4.67. The summed E-state index contributed by atoms with van der Waals surface area (Å²) in [6, 6.07) is 8.11. The van der Waals surface area contributed by atoms with Crippen LogP contribution in [0.4, 0.5) is 17.6 Å². The standard InChI is InChI=1S/C13H14F4O4/c14-12(15)10(20-7-8-4-2-1-3-5-8)9(6-18)21-11(19)13(12,16)17/h1-5,9-11,18-19H,6-7H2/t9-,10+,11-/m1/s1. The quantitative estimate of drug-likeness (QED) is 0.829. The van der Waals surface area contributed by atoms with Gasteiger partial charge < -0.3 is 19.7 Å². The molecule has 0 saturated carbocycles. The molecule has 0 unspecified atom stereocenters. The number of aliphatic hydroxyl groups is 2. The second-order valence-electron chi connectivity index (χ2n) is 4.67. The van der Waals surface area contributed by atoms with Crippen LogP contribution in [0, 0.1) is 0 Å². The normalized spacial score (nSPS) is 31.0. The Morgan fingerprint density at radius 3 is 2.29 bits per heavy atom. The van der Waals surface area contributed by atoms with E-state index in [2.05, 4.69) is 4.74 Å². The van der Waals surface area contributed by atoms with E-state index in [1.807, 2.05) is 0 Å². The molecule has 1 aliphatic rings. The van der Waals surface area contributed by atoms with Crippen molar-refractivity contribution in [2.75, 3.05) is 6.61 Å². The van der Waals surface area contributed by atoms with Gasteiger partial charge in [-0.25, -0.2) is 0 Å². The molecule has 1 aromatic rings. The van der Waals surface area contributed by atoms with E-state index in [1.165, 1.54) is 0 Å². The van der Waals surface area contributed by atoms with Gasteiger partial charge in [0.15, 0.2) is 6.10 Å². The number of aliphatic hydroxyl groups excluding tert-OH is 2. The molecule has 1 saturated heterocycles. The predicted octanol–water partition coefficient (Wildman–Crippen LogP) is 1.55. The molecular formula is C13H14F4O4. The molecule has 3 atom stereocenters. The van der Waals surface area contributed by atoms with Crippen molar-refractivity contribution in [1.29, 1.82) is 0 Å². The van der Waals surface area contributed by atoms with Crippen molar-refractivity contribution in [2.24, 2.45) is 0 Å². The zero-order valence-corrected chi connectivity index (χ0v) is 10.8. The number of ether oxygens (including phenoxy) is 2. The largest absolute Gasteiger partial charge is 0.394 e. The van der Waals surface area contributed by atoms with Gasteiger partial charge in [-0.2, -0.15) is 17.6 Å². The lowest BCUT2D eigenvalue weighted by molar-refractivity contribution is -0.401. The van der Waals surface area contributed by atoms with Crippen LogP contribution in [0.25, 0.3) is 0 Å². The first-order valence-corrected chi connectivity index (χ1v) is 6.16. The van der Waals surface area contributed by atoms with Crippen molar-refractivity contribution in [3.63, 3.8) is 0 Å². The first-order valence-electron chi connectivity index (χ1n) is 6.16. The Balaban J connectivity index is 2.17. The molecule has 1 aromatic carbocycles. The molecule has 4 nitrogen and oxygen atoms in total. The molecule has 2 N–H and O–H groups in total. The zero-order valence-electron chi connectivity index (χ0n) is 10.8. The third-order valence-electron chi connectivity index (χ3n) is 3.21. The Morgan fingerprint density at radius 2 is 1.71 bits per heavy atom. The number of hydrogen-bond acceptors (Lipinski definition) is 4. The highest BCUT2D eigenvalue weighted by Gasteiger charge is 2.71. The van der Waals surface area contributed by atoms with E-state index in [0.717, 1.165) is 0 Å². The number of benzene rings is 1. The van der Waals surface area contributed by atoms with Crippen LogP contribution in [-0.2, 0) is 16.1 Å². The molecule has 0 aromatic heterocycles. The molecule has 118 valence electrons. The Labute approximate surface area is 117 Å². The number of halogens is 4. The Hall–Kier alpha value is -1.22. The smallest absolute Gasteiger partial charge is 0.362 e. The van der Waals surface area contributed by atoms with Gasteiger partial charge in [-0.05, 0) is 5.56 Å². The van der Waals surface area contributed by atoms with Crippen LogP contribution >= 0.6 is 0 Å². The maximum absolute atomic E-state index is 13.8. The average Bonchev–Trinajstić information content (AvgIpc) is 2.45. The van der Waals surface area contributed by atoms with Gasteiger partial charge in [0.2, 0.25) is 6.29 Å². The molecule has 8 heteroatoms. The Morgan fingerprint density at radius 1 is 1.10 bits per heavy atom. The van der Waals surface area contributed by atoms with Crippen LogP contribution in [0.5, 0.6) is 0 Å². The van der Waals surface area contributed by atoms with Crippen molar-refractivity contribution < 1.29 is 37.2 Å². The SMILES string of the molecule is OC[C@H]1O[C@@H](O)C(F)(F)C(F)(F)[C@H]1OCc1ccccc1. The van der Waals surface area contributed by atoms with Crippen LogP contribution in [0.3, 0.4) is 0 Å². The van der Waals surface area contributed by atoms with Gasteiger partial charge in [0.25, 0.3) is 0 Å². The van der Waals surface area contributed by atoms with Crippen LogP contribution in [-0.4, -0.2) is 47.2 Å². The summed E-state index contributed by atoms with van der Waals surface area (Å²) >= 11 is 0. The molecule has 1 heterocycles. The van der Waals surface area contributed by atoms with Crippen LogP contribution in [0.2, 0.25) is 0 Å². The van der Waals surface area contributed by atoms with E-state index < -0.39 is 36.9 Å². The summed E-state index contributed by atoms with van der Waals surface area (Å²) < 4.78 is 63.6. The summed E-state index contributed by atoms with van der Waals surface area (Å²) in [6.45, 7) is -1.34. The van der Waals surface area contributed by atoms with Gasteiger partial charge in [0, 0.05) is 0 Å². The predicted molar refractivity (Wildman–Crippen MR) is 62.9 cm³/mol. The summed E-state index contributed by atoms with van der Waals surface area (Å²) in [7, 11) is 0. The van der Waals surface area contributed by atoms with Crippen LogP contribution < -0.4 is 0 Å². The van der Waals surface area contributed by atoms with Gasteiger partial charge >= 0.3 is 11.8 Å². The lowest BCUT2D eigenvalue weighted by atomic mass is 9.96. The van der Waals surface area contributed by atoms with Gasteiger partial charge in [0.1, 0.15) is 6.10 Å². The highest BCUT2D eigenvalue weighted by molar-refractivity contribution is 5.13. The first kappa shape index (κ1) is 16.2. The average molecular weight is 310 g/mol. The Bertz CT molecular complexity index is 468. The highest BCUT2D eigenvalue weighted by Crippen LogP contribution is 2.46. The monoisotopic (exact) mass is 310 g/mol. The lowest BCUT2D eigenvalue weighted by Crippen LogP contribution is -2.67. The van der Waals surface area contributed by atoms with E-state index in [9.17, 15) is 17.6 Å². The summed E-state index contributed by atoms with van der Waals surface area (Å²) in [4.78, 5) is 0. The molecule has 0 bridgehead atoms. The fourth-order valence-corrected chi connectivity index (χ4v) is 2.02. The molecule has 1 aliphatic heterocycles. The summed E-state index contributed by atoms with van der Waals surface area (Å²) in [5.41, 5.74) is 0.499. The first-order chi connectivity index (χ1) is 9.80. The number of hydrogen-bond donors (Lipinski definition) is 2. The van der Waals surface area contributed by atoms with Crippen molar-refractivity contribution in [3.05, 3.63) is 35.9 Å². The second kappa shape index (κ2) is 5.88. The molecule has 0 amide bonds. The van der Waals surface area contributed by atoms with Crippen molar-refractivity contribution >= 4 is 0 Å². The number of rotatable bonds is 4. The lowest BCUT2D eigenvalue weighted by Gasteiger charge is -2.43. The Kier molecular flexibility index (Phi) is 4.52. The molecule has 2 rings (SSSR count). The van der Waals surface area contributed by atoms with E-state index >= 15 is 0 Å². The van der Waals surface area contributed by atoms with E-state index in [4.69, 9.17) is 14.9 Å². The van der Waals surface area contributed by atoms with Crippen LogP contribution in [0.15, 0.2) is 30.3 Å². The van der Waals surface area contributed by atoms with Gasteiger partial charge in [-0.15, -0.1) is 0 Å². The van der Waals surface area contributed by atoms with Gasteiger partial charge in [0.05, 0.1) is 13.2 Å². The highest BCUT2D eigenvalue weighted by atomic mass is 19.3. The molecule has 0 spiro atoms. The number of alkyl halides is 4. The molecule has 1 fully saturated rings. The summed E-state index contributed by atoms with van der Waals surface area (Å²) in [5.74, 6) is -9.48. The van der Waals surface area contributed by atoms with Crippen LogP contribution in [0.1, 0.15) is 5.56 Å². The van der Waals surface area contributed by atoms with Crippen molar-refractivity contribution in [2.45, 2.75) is 36.9 Å². The zero-order chi connectivity index (χ0) is 15.7. The van der Waals surface area contributed by atoms with Gasteiger partial charge in [-0.3, -0.25) is 0 Å². The van der Waals surface area contributed by atoms with Crippen molar-refractivity contribution in [3.8, 4) is 0 Å². The summed E-state index contributed by atoms with van der Waals surface area (Å²) in [6.07, 6.45) is -7.12. The molecular weight excluding hydrogens is 296 g/mol. The topological polar surface area (TPSA) is 58.9 Å². The molecule has 0 radical (unpaired) electrons. The molecule has 21 heavy (non-hydrogen) atoms. The third kappa shape index (κ3) is 2.89. The summed E-state index contributed by atoms with van der Waals surface area (Å²) in [5, 5.41) is 17.9. The van der Waals surface area contributed by atoms with Crippen molar-refractivity contribution in [1.82, 2.24) is 0 Å². The minimum atomic E-state index is -4.81. The maximum atomic E-state index is 13.8. The molecule has 0 aliphatic carbocycles. The minimum Gasteiger partial charge on any atom is -0.394 e.